The molecule has 138 valence electrons. The van der Waals surface area contributed by atoms with Crippen molar-refractivity contribution in [3.8, 4) is 5.75 Å². The van der Waals surface area contributed by atoms with Gasteiger partial charge in [-0.25, -0.2) is 9.53 Å². The van der Waals surface area contributed by atoms with Gasteiger partial charge in [-0.2, -0.15) is 8.78 Å². The molecule has 0 aliphatic carbocycles. The SMILES string of the molecule is O=C(NCCc1ccccc1)Nc1ccc2c(c1)C(F)(F)OC(F)(F)O2. The highest BCUT2D eigenvalue weighted by atomic mass is 19.3. The second kappa shape index (κ2) is 6.83. The van der Waals surface area contributed by atoms with Crippen LogP contribution in [0.4, 0.5) is 28.0 Å². The Kier molecular flexibility index (Phi) is 4.73. The fraction of sp³-hybridized carbons (Fsp3) is 0.235. The molecule has 26 heavy (non-hydrogen) atoms. The van der Waals surface area contributed by atoms with Gasteiger partial charge in [-0.15, -0.1) is 8.78 Å². The van der Waals surface area contributed by atoms with Gasteiger partial charge in [-0.1, -0.05) is 30.3 Å². The van der Waals surface area contributed by atoms with Crippen LogP contribution in [0.2, 0.25) is 0 Å². The Labute approximate surface area is 145 Å². The quantitative estimate of drug-likeness (QED) is 0.798. The van der Waals surface area contributed by atoms with Crippen molar-refractivity contribution in [1.82, 2.24) is 5.32 Å². The molecule has 0 fully saturated rings. The third kappa shape index (κ3) is 4.23. The van der Waals surface area contributed by atoms with E-state index in [1.165, 1.54) is 6.07 Å². The minimum absolute atomic E-state index is 0.0157. The summed E-state index contributed by atoms with van der Waals surface area (Å²) < 4.78 is 60.7. The summed E-state index contributed by atoms with van der Waals surface area (Å²) in [5.41, 5.74) is 0.111. The number of alkyl halides is 4. The number of benzene rings is 2. The first-order valence-corrected chi connectivity index (χ1v) is 7.63. The summed E-state index contributed by atoms with van der Waals surface area (Å²) in [6.07, 6.45) is -8.09. The molecule has 1 heterocycles. The van der Waals surface area contributed by atoms with Crippen LogP contribution in [0.15, 0.2) is 48.5 Å². The standard InChI is InChI=1S/C17H14F4N2O3/c18-16(19)13-10-12(6-7-14(13)25-17(20,21)26-16)23-15(24)22-9-8-11-4-2-1-3-5-11/h1-7,10H,8-9H2,(H2,22,23,24). The average molecular weight is 370 g/mol. The van der Waals surface area contributed by atoms with Crippen molar-refractivity contribution in [2.75, 3.05) is 11.9 Å². The number of amides is 2. The molecule has 3 rings (SSSR count). The van der Waals surface area contributed by atoms with E-state index in [2.05, 4.69) is 20.1 Å². The Bertz CT molecular complexity index is 800. The summed E-state index contributed by atoms with van der Waals surface area (Å²) in [4.78, 5) is 11.8. The van der Waals surface area contributed by atoms with Crippen molar-refractivity contribution < 1.29 is 31.8 Å². The number of nitrogens with one attached hydrogen (secondary N) is 2. The van der Waals surface area contributed by atoms with E-state index < -0.39 is 29.7 Å². The van der Waals surface area contributed by atoms with E-state index in [0.717, 1.165) is 17.7 Å². The summed E-state index contributed by atoms with van der Waals surface area (Å²) in [6, 6.07) is 11.7. The second-order valence-corrected chi connectivity index (χ2v) is 5.51. The van der Waals surface area contributed by atoms with Gasteiger partial charge < -0.3 is 15.4 Å². The Balaban J connectivity index is 1.61. The van der Waals surface area contributed by atoms with Crippen LogP contribution in [0.3, 0.4) is 0 Å². The fourth-order valence-electron chi connectivity index (χ4n) is 2.42. The number of fused-ring (bicyclic) bond motifs is 1. The summed E-state index contributed by atoms with van der Waals surface area (Å²) in [5.74, 6) is -0.721. The molecular formula is C17H14F4N2O3. The minimum Gasteiger partial charge on any atom is -0.409 e. The first-order chi connectivity index (χ1) is 12.3. The number of hydrogen-bond donors (Lipinski definition) is 2. The van der Waals surface area contributed by atoms with E-state index in [9.17, 15) is 22.4 Å². The Morgan fingerprint density at radius 1 is 1.04 bits per heavy atom. The molecule has 0 spiro atoms. The molecule has 2 aromatic rings. The molecule has 0 bridgehead atoms. The number of halogens is 4. The number of urea groups is 1. The smallest absolute Gasteiger partial charge is 0.409 e. The minimum atomic E-state index is -4.43. The molecule has 0 saturated heterocycles. The molecule has 0 unspecified atom stereocenters. The van der Waals surface area contributed by atoms with E-state index in [4.69, 9.17) is 0 Å². The van der Waals surface area contributed by atoms with E-state index in [0.29, 0.717) is 13.0 Å². The molecule has 1 aliphatic rings. The van der Waals surface area contributed by atoms with Crippen LogP contribution in [0.5, 0.6) is 5.75 Å². The lowest BCUT2D eigenvalue weighted by molar-refractivity contribution is -0.461. The normalized spacial score (nSPS) is 16.9. The molecule has 0 atom stereocenters. The van der Waals surface area contributed by atoms with E-state index >= 15 is 0 Å². The number of hydrogen-bond acceptors (Lipinski definition) is 3. The molecule has 5 nitrogen and oxygen atoms in total. The maximum absolute atomic E-state index is 13.7. The topological polar surface area (TPSA) is 59.6 Å². The van der Waals surface area contributed by atoms with Gasteiger partial charge in [0.2, 0.25) is 0 Å². The van der Waals surface area contributed by atoms with Gasteiger partial charge in [0.1, 0.15) is 5.75 Å². The van der Waals surface area contributed by atoms with Gasteiger partial charge in [0, 0.05) is 12.2 Å². The third-order valence-electron chi connectivity index (χ3n) is 3.57. The number of carbonyl (C=O) groups is 1. The average Bonchev–Trinajstić information content (AvgIpc) is 2.55. The summed E-state index contributed by atoms with van der Waals surface area (Å²) >= 11 is 0. The molecular weight excluding hydrogens is 356 g/mol. The van der Waals surface area contributed by atoms with Crippen molar-refractivity contribution in [2.24, 2.45) is 0 Å². The highest BCUT2D eigenvalue weighted by Gasteiger charge is 2.54. The third-order valence-corrected chi connectivity index (χ3v) is 3.57. The van der Waals surface area contributed by atoms with Gasteiger partial charge in [0.15, 0.2) is 0 Å². The molecule has 2 aromatic carbocycles. The van der Waals surface area contributed by atoms with E-state index in [1.807, 2.05) is 30.3 Å². The molecule has 1 aliphatic heterocycles. The molecule has 2 amide bonds. The Morgan fingerprint density at radius 2 is 1.77 bits per heavy atom. The van der Waals surface area contributed by atoms with Crippen LogP contribution in [-0.2, 0) is 17.3 Å². The van der Waals surface area contributed by atoms with Crippen molar-refractivity contribution >= 4 is 11.7 Å². The summed E-state index contributed by atoms with van der Waals surface area (Å²) in [5, 5.41) is 4.93. The molecule has 0 radical (unpaired) electrons. The lowest BCUT2D eigenvalue weighted by Crippen LogP contribution is -2.41. The van der Waals surface area contributed by atoms with Crippen LogP contribution in [0.1, 0.15) is 11.1 Å². The first kappa shape index (κ1) is 18.0. The molecule has 2 N–H and O–H groups in total. The van der Waals surface area contributed by atoms with Gasteiger partial charge in [-0.3, -0.25) is 0 Å². The summed E-state index contributed by atoms with van der Waals surface area (Å²) in [6.45, 7) is 0.329. The van der Waals surface area contributed by atoms with Gasteiger partial charge in [0.25, 0.3) is 0 Å². The highest BCUT2D eigenvalue weighted by Crippen LogP contribution is 2.46. The number of anilines is 1. The second-order valence-electron chi connectivity index (χ2n) is 5.51. The van der Waals surface area contributed by atoms with Gasteiger partial charge in [-0.05, 0) is 30.2 Å². The Morgan fingerprint density at radius 3 is 2.50 bits per heavy atom. The van der Waals surface area contributed by atoms with Crippen LogP contribution in [0.25, 0.3) is 0 Å². The van der Waals surface area contributed by atoms with E-state index in [1.54, 1.807) is 0 Å². The Hall–Kier alpha value is -2.81. The van der Waals surface area contributed by atoms with Crippen molar-refractivity contribution in [1.29, 1.82) is 0 Å². The predicted molar refractivity (Wildman–Crippen MR) is 84.2 cm³/mol. The number of ether oxygens (including phenoxy) is 2. The highest BCUT2D eigenvalue weighted by molar-refractivity contribution is 5.89. The first-order valence-electron chi connectivity index (χ1n) is 7.63. The fourth-order valence-corrected chi connectivity index (χ4v) is 2.42. The van der Waals surface area contributed by atoms with Crippen LogP contribution < -0.4 is 15.4 Å². The van der Waals surface area contributed by atoms with Gasteiger partial charge in [0.05, 0.1) is 5.56 Å². The zero-order valence-electron chi connectivity index (χ0n) is 13.3. The molecule has 0 aromatic heterocycles. The van der Waals surface area contributed by atoms with Crippen LogP contribution in [0, 0.1) is 0 Å². The van der Waals surface area contributed by atoms with Crippen molar-refractivity contribution in [2.45, 2.75) is 18.8 Å². The van der Waals surface area contributed by atoms with Crippen molar-refractivity contribution in [3.63, 3.8) is 0 Å². The predicted octanol–water partition coefficient (Wildman–Crippen LogP) is 4.06. The summed E-state index contributed by atoms with van der Waals surface area (Å²) in [7, 11) is 0. The number of carbonyl (C=O) groups excluding carboxylic acids is 1. The zero-order valence-corrected chi connectivity index (χ0v) is 13.3. The van der Waals surface area contributed by atoms with Crippen molar-refractivity contribution in [3.05, 3.63) is 59.7 Å². The lowest BCUT2D eigenvalue weighted by Gasteiger charge is -2.30. The number of rotatable bonds is 4. The van der Waals surface area contributed by atoms with Gasteiger partial charge >= 0.3 is 18.4 Å². The lowest BCUT2D eigenvalue weighted by atomic mass is 10.1. The largest absolute Gasteiger partial charge is 0.540 e. The zero-order chi connectivity index (χ0) is 18.8. The van der Waals surface area contributed by atoms with Crippen LogP contribution in [-0.4, -0.2) is 18.9 Å². The maximum Gasteiger partial charge on any atom is 0.540 e. The monoisotopic (exact) mass is 370 g/mol. The maximum atomic E-state index is 13.7. The molecule has 0 saturated carbocycles. The van der Waals surface area contributed by atoms with E-state index in [-0.39, 0.29) is 5.69 Å². The van der Waals surface area contributed by atoms with Crippen LogP contribution >= 0.6 is 0 Å². The molecule has 9 heteroatoms.